The first-order valence-electron chi connectivity index (χ1n) is 15.4. The Hall–Kier alpha value is -3.11. The van der Waals surface area contributed by atoms with Crippen molar-refractivity contribution in [1.82, 2.24) is 29.7 Å². The van der Waals surface area contributed by atoms with Crippen molar-refractivity contribution in [2.24, 2.45) is 5.41 Å². The van der Waals surface area contributed by atoms with Crippen molar-refractivity contribution in [3.05, 3.63) is 52.9 Å². The number of hydrogen-bond acceptors (Lipinski definition) is 10. The number of aryl methyl sites for hydroxylation is 1. The van der Waals surface area contributed by atoms with Gasteiger partial charge in [-0.15, -0.1) is 0 Å². The standard InChI is InChI=1S/C33H43BrN9OP/c1-22-17-26(28(44-4)18-27(22)43-13-9-33(10-14-43)20-42(21-33)16-15-41(2)3)39-32-37-19-23(34)31(40-32)38-25-8-7-24-29(30(25)45(5)6)36-12-11-35-24/h7-8,11-12,17-19H,9-10,13-16,20-21H2,1-6H3,(H2,37,38,39,40). The van der Waals surface area contributed by atoms with Crippen molar-refractivity contribution < 1.29 is 4.74 Å². The fourth-order valence-electron chi connectivity index (χ4n) is 6.56. The number of nitrogens with zero attached hydrogens (tertiary/aromatic N) is 7. The minimum atomic E-state index is -0.462. The van der Waals surface area contributed by atoms with Gasteiger partial charge >= 0.3 is 0 Å². The highest BCUT2D eigenvalue weighted by Crippen LogP contribution is 2.43. The second-order valence-corrected chi connectivity index (χ2v) is 15.9. The largest absolute Gasteiger partial charge is 0.494 e. The molecule has 0 atom stereocenters. The van der Waals surface area contributed by atoms with Gasteiger partial charge in [-0.1, -0.05) is 7.92 Å². The smallest absolute Gasteiger partial charge is 0.229 e. The van der Waals surface area contributed by atoms with E-state index >= 15 is 0 Å². The van der Waals surface area contributed by atoms with Gasteiger partial charge in [-0.2, -0.15) is 4.98 Å². The summed E-state index contributed by atoms with van der Waals surface area (Å²) in [5.41, 5.74) is 6.53. The molecule has 2 aromatic carbocycles. The molecular formula is C33H43BrN9OP. The lowest BCUT2D eigenvalue weighted by atomic mass is 9.72. The molecule has 2 saturated heterocycles. The summed E-state index contributed by atoms with van der Waals surface area (Å²) in [5, 5.41) is 8.11. The minimum Gasteiger partial charge on any atom is -0.494 e. The van der Waals surface area contributed by atoms with Gasteiger partial charge in [0.25, 0.3) is 0 Å². The topological polar surface area (TPSA) is 94.6 Å². The minimum absolute atomic E-state index is 0.462. The Labute approximate surface area is 275 Å². The van der Waals surface area contributed by atoms with E-state index in [9.17, 15) is 0 Å². The summed E-state index contributed by atoms with van der Waals surface area (Å²) in [6.45, 7) is 13.5. The fourth-order valence-corrected chi connectivity index (χ4v) is 8.06. The number of halogens is 1. The normalized spacial score (nSPS) is 16.4. The molecule has 0 unspecified atom stereocenters. The van der Waals surface area contributed by atoms with E-state index < -0.39 is 7.92 Å². The third-order valence-corrected chi connectivity index (χ3v) is 10.9. The zero-order valence-electron chi connectivity index (χ0n) is 27.1. The number of benzene rings is 2. The maximum absolute atomic E-state index is 5.88. The molecule has 0 amide bonds. The molecule has 238 valence electrons. The quantitative estimate of drug-likeness (QED) is 0.198. The predicted molar refractivity (Wildman–Crippen MR) is 191 cm³/mol. The van der Waals surface area contributed by atoms with Crippen LogP contribution in [0.4, 0.5) is 28.8 Å². The number of anilines is 5. The lowest BCUT2D eigenvalue weighted by Gasteiger charge is -2.54. The number of piperidine rings is 1. The Morgan fingerprint density at radius 1 is 1.02 bits per heavy atom. The van der Waals surface area contributed by atoms with Crippen molar-refractivity contribution >= 4 is 69.0 Å². The van der Waals surface area contributed by atoms with Gasteiger partial charge in [0.1, 0.15) is 11.6 Å². The molecule has 4 aromatic rings. The molecule has 1 spiro atoms. The molecular weight excluding hydrogens is 649 g/mol. The Bertz CT molecular complexity index is 1670. The van der Waals surface area contributed by atoms with Crippen LogP contribution in [0, 0.1) is 12.3 Å². The van der Waals surface area contributed by atoms with Crippen molar-refractivity contribution in [1.29, 1.82) is 0 Å². The molecule has 0 aliphatic carbocycles. The number of likely N-dealkylation sites (N-methyl/N-ethyl adjacent to an activating group) is 1. The summed E-state index contributed by atoms with van der Waals surface area (Å²) < 4.78 is 6.65. The third-order valence-electron chi connectivity index (χ3n) is 8.97. The number of methoxy groups -OCH3 is 1. The molecule has 2 aromatic heterocycles. The fraction of sp³-hybridized carbons (Fsp3) is 0.455. The Morgan fingerprint density at radius 3 is 2.49 bits per heavy atom. The van der Waals surface area contributed by atoms with Gasteiger partial charge in [0.05, 0.1) is 28.3 Å². The molecule has 2 aliphatic rings. The molecule has 0 radical (unpaired) electrons. The second kappa shape index (κ2) is 13.3. The zero-order valence-corrected chi connectivity index (χ0v) is 29.5. The molecule has 45 heavy (non-hydrogen) atoms. The van der Waals surface area contributed by atoms with Gasteiger partial charge in [0.2, 0.25) is 5.95 Å². The molecule has 6 rings (SSSR count). The highest BCUT2D eigenvalue weighted by atomic mass is 79.9. The van der Waals surface area contributed by atoms with E-state index in [-0.39, 0.29) is 0 Å². The zero-order chi connectivity index (χ0) is 31.7. The maximum Gasteiger partial charge on any atom is 0.229 e. The van der Waals surface area contributed by atoms with Crippen LogP contribution >= 0.6 is 23.9 Å². The second-order valence-electron chi connectivity index (χ2n) is 12.8. The molecule has 2 N–H and O–H groups in total. The molecule has 2 aliphatic heterocycles. The highest BCUT2D eigenvalue weighted by molar-refractivity contribution is 9.10. The summed E-state index contributed by atoms with van der Waals surface area (Å²) in [4.78, 5) is 25.9. The molecule has 10 nitrogen and oxygen atoms in total. The van der Waals surface area contributed by atoms with E-state index in [1.807, 2.05) is 6.07 Å². The Balaban J connectivity index is 1.17. The number of rotatable bonds is 10. The first kappa shape index (κ1) is 31.9. The van der Waals surface area contributed by atoms with Crippen molar-refractivity contribution in [2.75, 3.05) is 89.3 Å². The van der Waals surface area contributed by atoms with Gasteiger partial charge in [-0.25, -0.2) is 4.98 Å². The Morgan fingerprint density at radius 2 is 1.78 bits per heavy atom. The van der Waals surface area contributed by atoms with Gasteiger partial charge in [-0.05, 0) is 92.3 Å². The van der Waals surface area contributed by atoms with Crippen molar-refractivity contribution in [3.63, 3.8) is 0 Å². The number of hydrogen-bond donors (Lipinski definition) is 2. The van der Waals surface area contributed by atoms with Crippen LogP contribution in [0.15, 0.2) is 47.3 Å². The first-order valence-corrected chi connectivity index (χ1v) is 18.5. The number of fused-ring (bicyclic) bond motifs is 1. The van der Waals surface area contributed by atoms with Gasteiger partial charge in [0.15, 0.2) is 0 Å². The highest BCUT2D eigenvalue weighted by Gasteiger charge is 2.44. The number of nitrogens with one attached hydrogen (secondary N) is 2. The van der Waals surface area contributed by atoms with E-state index in [0.717, 1.165) is 57.6 Å². The van der Waals surface area contributed by atoms with Crippen LogP contribution in [0.25, 0.3) is 11.0 Å². The number of aromatic nitrogens is 4. The molecule has 2 fully saturated rings. The van der Waals surface area contributed by atoms with Crippen molar-refractivity contribution in [2.45, 2.75) is 19.8 Å². The SMILES string of the molecule is COc1cc(N2CCC3(CC2)CN(CCN(C)C)C3)c(C)cc1Nc1ncc(Br)c(Nc2ccc3nccnc3c2P(C)C)n1. The van der Waals surface area contributed by atoms with Crippen LogP contribution in [-0.4, -0.2) is 104 Å². The maximum atomic E-state index is 5.88. The summed E-state index contributed by atoms with van der Waals surface area (Å²) in [7, 11) is 5.56. The van der Waals surface area contributed by atoms with E-state index in [1.54, 1.807) is 25.7 Å². The van der Waals surface area contributed by atoms with E-state index in [0.29, 0.717) is 17.2 Å². The van der Waals surface area contributed by atoms with Crippen molar-refractivity contribution in [3.8, 4) is 5.75 Å². The van der Waals surface area contributed by atoms with Crippen LogP contribution < -0.4 is 25.6 Å². The summed E-state index contributed by atoms with van der Waals surface area (Å²) in [5.74, 6) is 1.92. The van der Waals surface area contributed by atoms with Crippen LogP contribution in [0.1, 0.15) is 18.4 Å². The molecule has 4 heterocycles. The van der Waals surface area contributed by atoms with Crippen LogP contribution in [0.3, 0.4) is 0 Å². The predicted octanol–water partition coefficient (Wildman–Crippen LogP) is 5.82. The average molecular weight is 693 g/mol. The summed E-state index contributed by atoms with van der Waals surface area (Å²) >= 11 is 3.64. The summed E-state index contributed by atoms with van der Waals surface area (Å²) in [6.07, 6.45) is 7.71. The third kappa shape index (κ3) is 6.87. The lowest BCUT2D eigenvalue weighted by Crippen LogP contribution is -2.61. The van der Waals surface area contributed by atoms with E-state index in [4.69, 9.17) is 9.72 Å². The van der Waals surface area contributed by atoms with Crippen LogP contribution in [0.2, 0.25) is 0 Å². The molecule has 12 heteroatoms. The number of ether oxygens (including phenoxy) is 1. The van der Waals surface area contributed by atoms with E-state index in [1.165, 1.54) is 43.7 Å². The van der Waals surface area contributed by atoms with Crippen LogP contribution in [-0.2, 0) is 0 Å². The average Bonchev–Trinajstić information content (AvgIpc) is 3.00. The van der Waals surface area contributed by atoms with Gasteiger partial charge < -0.3 is 30.1 Å². The first-order chi connectivity index (χ1) is 21.6. The van der Waals surface area contributed by atoms with Crippen LogP contribution in [0.5, 0.6) is 5.75 Å². The van der Waals surface area contributed by atoms with Gasteiger partial charge in [-0.3, -0.25) is 9.97 Å². The number of likely N-dealkylation sites (tertiary alicyclic amines) is 1. The monoisotopic (exact) mass is 691 g/mol. The molecule has 0 bridgehead atoms. The summed E-state index contributed by atoms with van der Waals surface area (Å²) in [6, 6.07) is 8.35. The lowest BCUT2D eigenvalue weighted by molar-refractivity contribution is -0.0207. The van der Waals surface area contributed by atoms with E-state index in [2.05, 4.69) is 109 Å². The van der Waals surface area contributed by atoms with Gasteiger partial charge in [0, 0.05) is 80.6 Å². The Kier molecular flexibility index (Phi) is 9.43. The molecule has 0 saturated carbocycles.